The van der Waals surface area contributed by atoms with Crippen LogP contribution >= 0.6 is 46.6 Å². The Kier molecular flexibility index (Phi) is 9.10. The Bertz CT molecular complexity index is 894. The van der Waals surface area contributed by atoms with Gasteiger partial charge < -0.3 is 15.4 Å². The van der Waals surface area contributed by atoms with Gasteiger partial charge in [-0.2, -0.15) is 0 Å². The summed E-state index contributed by atoms with van der Waals surface area (Å²) in [4.78, 5) is 35.9. The van der Waals surface area contributed by atoms with Crippen LogP contribution in [0.4, 0.5) is 11.4 Å². The molecule has 2 aromatic rings. The number of thioether (sulfide) groups is 1. The number of benzene rings is 2. The molecule has 2 aromatic carbocycles. The molecule has 2 N–H and O–H groups in total. The van der Waals surface area contributed by atoms with Crippen molar-refractivity contribution < 1.29 is 19.1 Å². The number of hydrogen-bond acceptors (Lipinski definition) is 5. The number of nitrogens with one attached hydrogen (secondary N) is 2. The summed E-state index contributed by atoms with van der Waals surface area (Å²) in [6.45, 7) is 1.44. The molecule has 0 saturated heterocycles. The van der Waals surface area contributed by atoms with Gasteiger partial charge in [0.25, 0.3) is 5.91 Å². The number of carbonyl (C=O) groups is 3. The Morgan fingerprint density at radius 2 is 1.62 bits per heavy atom. The van der Waals surface area contributed by atoms with Crippen molar-refractivity contribution in [3.8, 4) is 0 Å². The quantitative estimate of drug-likeness (QED) is 0.531. The van der Waals surface area contributed by atoms with Gasteiger partial charge in [0.15, 0.2) is 6.10 Å². The summed E-state index contributed by atoms with van der Waals surface area (Å²) in [5.74, 6) is -1.44. The molecule has 2 amide bonds. The normalized spacial score (nSPS) is 11.4. The Labute approximate surface area is 187 Å². The lowest BCUT2D eigenvalue weighted by Gasteiger charge is -2.14. The smallest absolute Gasteiger partial charge is 0.316 e. The Hall–Kier alpha value is -1.93. The van der Waals surface area contributed by atoms with Crippen LogP contribution in [0.25, 0.3) is 0 Å². The summed E-state index contributed by atoms with van der Waals surface area (Å²) in [5, 5.41) is 6.51. The van der Waals surface area contributed by atoms with Gasteiger partial charge in [-0.25, -0.2) is 0 Å². The first-order valence-corrected chi connectivity index (χ1v) is 10.6. The van der Waals surface area contributed by atoms with E-state index in [-0.39, 0.29) is 22.4 Å². The van der Waals surface area contributed by atoms with Gasteiger partial charge in [0.05, 0.1) is 22.2 Å². The van der Waals surface area contributed by atoms with Crippen molar-refractivity contribution in [2.24, 2.45) is 0 Å². The summed E-state index contributed by atoms with van der Waals surface area (Å²) in [6, 6.07) is 11.3. The molecular weight excluding hydrogens is 459 g/mol. The molecule has 0 saturated carbocycles. The third-order valence-electron chi connectivity index (χ3n) is 3.45. The second-order valence-corrected chi connectivity index (χ2v) is 8.06. The van der Waals surface area contributed by atoms with E-state index >= 15 is 0 Å². The number of rotatable bonds is 8. The van der Waals surface area contributed by atoms with Crippen LogP contribution in [0.2, 0.25) is 15.1 Å². The summed E-state index contributed by atoms with van der Waals surface area (Å²) in [5.41, 5.74) is 0.964. The molecule has 29 heavy (non-hydrogen) atoms. The average Bonchev–Trinajstić information content (AvgIpc) is 2.65. The van der Waals surface area contributed by atoms with Gasteiger partial charge in [-0.05, 0) is 49.4 Å². The Morgan fingerprint density at radius 3 is 2.28 bits per heavy atom. The van der Waals surface area contributed by atoms with Gasteiger partial charge in [0, 0.05) is 15.7 Å². The van der Waals surface area contributed by atoms with Crippen LogP contribution in [0.1, 0.15) is 6.92 Å². The van der Waals surface area contributed by atoms with E-state index in [1.165, 1.54) is 13.0 Å². The highest BCUT2D eigenvalue weighted by molar-refractivity contribution is 8.00. The van der Waals surface area contributed by atoms with Crippen LogP contribution < -0.4 is 10.6 Å². The average molecular weight is 476 g/mol. The molecule has 0 aromatic heterocycles. The number of esters is 1. The number of carbonyl (C=O) groups excluding carboxylic acids is 3. The minimum absolute atomic E-state index is 0.0543. The Morgan fingerprint density at radius 1 is 0.966 bits per heavy atom. The molecule has 0 aliphatic rings. The van der Waals surface area contributed by atoms with Crippen molar-refractivity contribution >= 4 is 75.7 Å². The monoisotopic (exact) mass is 474 g/mol. The molecule has 1 unspecified atom stereocenters. The van der Waals surface area contributed by atoms with Crippen LogP contribution in [-0.4, -0.2) is 35.4 Å². The van der Waals surface area contributed by atoms with Crippen molar-refractivity contribution in [1.29, 1.82) is 0 Å². The summed E-state index contributed by atoms with van der Waals surface area (Å²) >= 11 is 18.7. The van der Waals surface area contributed by atoms with Gasteiger partial charge >= 0.3 is 5.97 Å². The molecule has 0 spiro atoms. The van der Waals surface area contributed by atoms with Crippen molar-refractivity contribution in [2.45, 2.75) is 13.0 Å². The molecule has 154 valence electrons. The maximum Gasteiger partial charge on any atom is 0.316 e. The second kappa shape index (κ2) is 11.3. The van der Waals surface area contributed by atoms with Crippen molar-refractivity contribution in [2.75, 3.05) is 22.1 Å². The lowest BCUT2D eigenvalue weighted by Crippen LogP contribution is -2.30. The van der Waals surface area contributed by atoms with E-state index in [1.807, 2.05) is 0 Å². The second-order valence-electron chi connectivity index (χ2n) is 5.79. The molecule has 0 radical (unpaired) electrons. The van der Waals surface area contributed by atoms with Gasteiger partial charge in [-0.15, -0.1) is 11.8 Å². The minimum atomic E-state index is -1.03. The maximum absolute atomic E-state index is 12.1. The molecule has 10 heteroatoms. The molecule has 0 bridgehead atoms. The number of hydrogen-bond donors (Lipinski definition) is 2. The standard InChI is InChI=1S/C19H17Cl3N2O4S/c1-11(19(27)24-16-7-4-13(21)8-15(16)22)28-18(26)10-29-9-17(25)23-14-5-2-12(20)3-6-14/h2-8,11H,9-10H2,1H3,(H,23,25)(H,24,27). The van der Waals surface area contributed by atoms with Crippen molar-refractivity contribution in [1.82, 2.24) is 0 Å². The van der Waals surface area contributed by atoms with E-state index in [4.69, 9.17) is 39.5 Å². The SMILES string of the molecule is CC(OC(=O)CSCC(=O)Nc1ccc(Cl)cc1)C(=O)Nc1ccc(Cl)cc1Cl. The van der Waals surface area contributed by atoms with E-state index in [1.54, 1.807) is 36.4 Å². The Balaban J connectivity index is 1.71. The van der Waals surface area contributed by atoms with Gasteiger partial charge in [0.2, 0.25) is 5.91 Å². The zero-order chi connectivity index (χ0) is 21.4. The van der Waals surface area contributed by atoms with Crippen LogP contribution in [0, 0.1) is 0 Å². The highest BCUT2D eigenvalue weighted by Crippen LogP contribution is 2.25. The third kappa shape index (κ3) is 8.14. The largest absolute Gasteiger partial charge is 0.452 e. The van der Waals surface area contributed by atoms with E-state index in [0.717, 1.165) is 11.8 Å². The number of halogens is 3. The first-order chi connectivity index (χ1) is 13.7. The fourth-order valence-electron chi connectivity index (χ4n) is 2.07. The predicted molar refractivity (Wildman–Crippen MR) is 118 cm³/mol. The minimum Gasteiger partial charge on any atom is -0.452 e. The zero-order valence-corrected chi connectivity index (χ0v) is 18.3. The lowest BCUT2D eigenvalue weighted by molar-refractivity contribution is -0.150. The van der Waals surface area contributed by atoms with Crippen LogP contribution in [-0.2, 0) is 19.1 Å². The lowest BCUT2D eigenvalue weighted by atomic mass is 10.3. The maximum atomic E-state index is 12.1. The van der Waals surface area contributed by atoms with E-state index in [0.29, 0.717) is 21.4 Å². The van der Waals surface area contributed by atoms with E-state index < -0.39 is 18.0 Å². The molecule has 6 nitrogen and oxygen atoms in total. The molecule has 0 aliphatic heterocycles. The molecule has 0 heterocycles. The van der Waals surface area contributed by atoms with Gasteiger partial charge in [-0.1, -0.05) is 34.8 Å². The van der Waals surface area contributed by atoms with Crippen molar-refractivity contribution in [3.05, 3.63) is 57.5 Å². The molecule has 0 aliphatic carbocycles. The molecule has 1 atom stereocenters. The van der Waals surface area contributed by atoms with E-state index in [9.17, 15) is 14.4 Å². The first kappa shape index (κ1) is 23.3. The predicted octanol–water partition coefficient (Wildman–Crippen LogP) is 4.89. The summed E-state index contributed by atoms with van der Waals surface area (Å²) in [7, 11) is 0. The third-order valence-corrected chi connectivity index (χ3v) is 5.15. The topological polar surface area (TPSA) is 84.5 Å². The number of anilines is 2. The summed E-state index contributed by atoms with van der Waals surface area (Å²) < 4.78 is 5.07. The fraction of sp³-hybridized carbons (Fsp3) is 0.211. The van der Waals surface area contributed by atoms with Crippen LogP contribution in [0.3, 0.4) is 0 Å². The van der Waals surface area contributed by atoms with Crippen LogP contribution in [0.15, 0.2) is 42.5 Å². The molecule has 2 rings (SSSR count). The molecule has 0 fully saturated rings. The van der Waals surface area contributed by atoms with Gasteiger partial charge in [-0.3, -0.25) is 14.4 Å². The molecular formula is C19H17Cl3N2O4S. The highest BCUT2D eigenvalue weighted by Gasteiger charge is 2.19. The number of amides is 2. The number of ether oxygens (including phenoxy) is 1. The first-order valence-electron chi connectivity index (χ1n) is 8.33. The van der Waals surface area contributed by atoms with E-state index in [2.05, 4.69) is 10.6 Å². The fourth-order valence-corrected chi connectivity index (χ4v) is 3.24. The summed E-state index contributed by atoms with van der Waals surface area (Å²) in [6.07, 6.45) is -1.03. The van der Waals surface area contributed by atoms with Crippen LogP contribution in [0.5, 0.6) is 0 Å². The zero-order valence-electron chi connectivity index (χ0n) is 15.2. The van der Waals surface area contributed by atoms with Crippen molar-refractivity contribution in [3.63, 3.8) is 0 Å². The van der Waals surface area contributed by atoms with Gasteiger partial charge in [0.1, 0.15) is 0 Å². The highest BCUT2D eigenvalue weighted by atomic mass is 35.5.